The van der Waals surface area contributed by atoms with Gasteiger partial charge in [0.2, 0.25) is 0 Å². The Morgan fingerprint density at radius 2 is 1.60 bits per heavy atom. The molecule has 0 N–H and O–H groups in total. The summed E-state index contributed by atoms with van der Waals surface area (Å²) in [6.07, 6.45) is 3.89. The molecule has 80 valence electrons. The average Bonchev–Trinajstić information content (AvgIpc) is 2.16. The highest BCUT2D eigenvalue weighted by Gasteiger charge is 1.96. The van der Waals surface area contributed by atoms with Crippen LogP contribution in [0.3, 0.4) is 0 Å². The second-order valence-electron chi connectivity index (χ2n) is 3.38. The molecule has 0 saturated carbocycles. The summed E-state index contributed by atoms with van der Waals surface area (Å²) in [5.74, 6) is 6.26. The molecular formula is C13H14Cl2. The standard InChI is InChI=1S/C13H14Cl2/c1-2-3-4-5-6-7-11-8-12(14)10-13(15)9-11/h8-10H,2-3,6-7H2,1H3. The molecule has 1 aromatic rings. The number of benzene rings is 1. The first-order chi connectivity index (χ1) is 7.22. The van der Waals surface area contributed by atoms with E-state index in [0.29, 0.717) is 10.0 Å². The third kappa shape index (κ3) is 5.11. The highest BCUT2D eigenvalue weighted by Crippen LogP contribution is 2.19. The van der Waals surface area contributed by atoms with Crippen molar-refractivity contribution in [2.24, 2.45) is 0 Å². The molecule has 0 radical (unpaired) electrons. The molecule has 15 heavy (non-hydrogen) atoms. The normalized spacial score (nSPS) is 9.53. The van der Waals surface area contributed by atoms with Crippen molar-refractivity contribution >= 4 is 23.2 Å². The number of halogens is 2. The van der Waals surface area contributed by atoms with Gasteiger partial charge in [-0.15, -0.1) is 11.8 Å². The summed E-state index contributed by atoms with van der Waals surface area (Å²) in [5.41, 5.74) is 1.15. The summed E-state index contributed by atoms with van der Waals surface area (Å²) in [6, 6.07) is 5.62. The maximum absolute atomic E-state index is 5.89. The second kappa shape index (κ2) is 6.77. The van der Waals surface area contributed by atoms with Gasteiger partial charge >= 0.3 is 0 Å². The van der Waals surface area contributed by atoms with Crippen molar-refractivity contribution in [1.82, 2.24) is 0 Å². The molecule has 0 atom stereocenters. The van der Waals surface area contributed by atoms with Crippen molar-refractivity contribution in [2.75, 3.05) is 0 Å². The smallest absolute Gasteiger partial charge is 0.0423 e. The number of hydrogen-bond donors (Lipinski definition) is 0. The van der Waals surface area contributed by atoms with Crippen LogP contribution in [0.1, 0.15) is 31.7 Å². The lowest BCUT2D eigenvalue weighted by Crippen LogP contribution is -1.83. The van der Waals surface area contributed by atoms with Gasteiger partial charge in [0.15, 0.2) is 0 Å². The van der Waals surface area contributed by atoms with Gasteiger partial charge in [0, 0.05) is 22.9 Å². The Morgan fingerprint density at radius 3 is 2.20 bits per heavy atom. The molecule has 0 aromatic heterocycles. The van der Waals surface area contributed by atoms with Crippen LogP contribution in [0, 0.1) is 11.8 Å². The quantitative estimate of drug-likeness (QED) is 0.671. The van der Waals surface area contributed by atoms with Crippen LogP contribution in [0.25, 0.3) is 0 Å². The molecule has 0 amide bonds. The molecular weight excluding hydrogens is 227 g/mol. The van der Waals surface area contributed by atoms with Crippen LogP contribution in [0.2, 0.25) is 10.0 Å². The summed E-state index contributed by atoms with van der Waals surface area (Å²) in [5, 5.41) is 1.39. The van der Waals surface area contributed by atoms with Crippen LogP contribution in [0.4, 0.5) is 0 Å². The lowest BCUT2D eigenvalue weighted by Gasteiger charge is -1.99. The van der Waals surface area contributed by atoms with Crippen LogP contribution >= 0.6 is 23.2 Å². The van der Waals surface area contributed by atoms with Gasteiger partial charge in [0.1, 0.15) is 0 Å². The fourth-order valence-corrected chi connectivity index (χ4v) is 1.84. The van der Waals surface area contributed by atoms with Gasteiger partial charge in [-0.2, -0.15) is 0 Å². The van der Waals surface area contributed by atoms with Gasteiger partial charge in [0.05, 0.1) is 0 Å². The first-order valence-corrected chi connectivity index (χ1v) is 5.88. The van der Waals surface area contributed by atoms with E-state index in [1.54, 1.807) is 6.07 Å². The fraction of sp³-hybridized carbons (Fsp3) is 0.385. The number of rotatable bonds is 3. The van der Waals surface area contributed by atoms with Gasteiger partial charge in [-0.25, -0.2) is 0 Å². The molecule has 0 saturated heterocycles. The lowest BCUT2D eigenvalue weighted by atomic mass is 10.1. The largest absolute Gasteiger partial charge is 0.103 e. The van der Waals surface area contributed by atoms with E-state index in [2.05, 4.69) is 18.8 Å². The van der Waals surface area contributed by atoms with Crippen LogP contribution in [-0.4, -0.2) is 0 Å². The van der Waals surface area contributed by atoms with E-state index in [1.807, 2.05) is 12.1 Å². The zero-order valence-corrected chi connectivity index (χ0v) is 10.3. The molecule has 0 fully saturated rings. The molecule has 0 unspecified atom stereocenters. The molecule has 1 rings (SSSR count). The third-order valence-electron chi connectivity index (χ3n) is 1.96. The highest BCUT2D eigenvalue weighted by molar-refractivity contribution is 6.34. The van der Waals surface area contributed by atoms with Gasteiger partial charge in [-0.3, -0.25) is 0 Å². The van der Waals surface area contributed by atoms with Crippen LogP contribution in [0.5, 0.6) is 0 Å². The molecule has 0 aliphatic heterocycles. The minimum absolute atomic E-state index is 0.694. The maximum Gasteiger partial charge on any atom is 0.0423 e. The molecule has 0 nitrogen and oxygen atoms in total. The average molecular weight is 241 g/mol. The molecule has 0 heterocycles. The van der Waals surface area contributed by atoms with Crippen molar-refractivity contribution in [3.63, 3.8) is 0 Å². The summed E-state index contributed by atoms with van der Waals surface area (Å²) in [4.78, 5) is 0. The van der Waals surface area contributed by atoms with Crippen LogP contribution in [0.15, 0.2) is 18.2 Å². The van der Waals surface area contributed by atoms with Crippen LogP contribution in [-0.2, 0) is 6.42 Å². The summed E-state index contributed by atoms with van der Waals surface area (Å²) < 4.78 is 0. The SMILES string of the molecule is CCCC#CCCc1cc(Cl)cc(Cl)c1. The molecule has 0 bridgehead atoms. The van der Waals surface area contributed by atoms with Crippen molar-refractivity contribution in [3.8, 4) is 11.8 Å². The minimum atomic E-state index is 0.694. The van der Waals surface area contributed by atoms with E-state index in [4.69, 9.17) is 23.2 Å². The van der Waals surface area contributed by atoms with Gasteiger partial charge in [0.25, 0.3) is 0 Å². The minimum Gasteiger partial charge on any atom is -0.103 e. The molecule has 0 aliphatic rings. The first kappa shape index (κ1) is 12.4. The first-order valence-electron chi connectivity index (χ1n) is 5.13. The third-order valence-corrected chi connectivity index (χ3v) is 2.40. The Hall–Kier alpha value is -0.640. The Kier molecular flexibility index (Phi) is 5.61. The van der Waals surface area contributed by atoms with Crippen molar-refractivity contribution < 1.29 is 0 Å². The molecule has 0 aliphatic carbocycles. The van der Waals surface area contributed by atoms with E-state index >= 15 is 0 Å². The summed E-state index contributed by atoms with van der Waals surface area (Å²) in [7, 11) is 0. The summed E-state index contributed by atoms with van der Waals surface area (Å²) >= 11 is 11.8. The maximum atomic E-state index is 5.89. The number of hydrogen-bond acceptors (Lipinski definition) is 0. The van der Waals surface area contributed by atoms with E-state index in [1.165, 1.54) is 0 Å². The summed E-state index contributed by atoms with van der Waals surface area (Å²) in [6.45, 7) is 2.13. The Balaban J connectivity index is 2.48. The van der Waals surface area contributed by atoms with Gasteiger partial charge in [-0.05, 0) is 36.6 Å². The Labute approximate surface area is 102 Å². The van der Waals surface area contributed by atoms with Crippen LogP contribution < -0.4 is 0 Å². The lowest BCUT2D eigenvalue weighted by molar-refractivity contribution is 0.974. The zero-order valence-electron chi connectivity index (χ0n) is 8.82. The molecule has 0 spiro atoms. The predicted molar refractivity (Wildman–Crippen MR) is 67.5 cm³/mol. The Bertz CT molecular complexity index is 352. The van der Waals surface area contributed by atoms with Crippen molar-refractivity contribution in [1.29, 1.82) is 0 Å². The monoisotopic (exact) mass is 240 g/mol. The van der Waals surface area contributed by atoms with E-state index < -0.39 is 0 Å². The zero-order chi connectivity index (χ0) is 11.1. The van der Waals surface area contributed by atoms with E-state index in [-0.39, 0.29) is 0 Å². The van der Waals surface area contributed by atoms with Crippen molar-refractivity contribution in [2.45, 2.75) is 32.6 Å². The van der Waals surface area contributed by atoms with E-state index in [0.717, 1.165) is 31.2 Å². The Morgan fingerprint density at radius 1 is 1.00 bits per heavy atom. The molecule has 1 aromatic carbocycles. The number of unbranched alkanes of at least 4 members (excludes halogenated alkanes) is 1. The number of aryl methyl sites for hydroxylation is 1. The predicted octanol–water partition coefficient (Wildman–Crippen LogP) is 4.73. The second-order valence-corrected chi connectivity index (χ2v) is 4.25. The van der Waals surface area contributed by atoms with Crippen molar-refractivity contribution in [3.05, 3.63) is 33.8 Å². The topological polar surface area (TPSA) is 0 Å². The fourth-order valence-electron chi connectivity index (χ4n) is 1.26. The van der Waals surface area contributed by atoms with Gasteiger partial charge in [-0.1, -0.05) is 30.1 Å². The van der Waals surface area contributed by atoms with E-state index in [9.17, 15) is 0 Å². The van der Waals surface area contributed by atoms with Gasteiger partial charge < -0.3 is 0 Å². The highest BCUT2D eigenvalue weighted by atomic mass is 35.5. The molecule has 2 heteroatoms.